The molecule has 2 heterocycles. The second-order valence-corrected chi connectivity index (χ2v) is 8.80. The summed E-state index contributed by atoms with van der Waals surface area (Å²) < 4.78 is 23.1. The highest BCUT2D eigenvalue weighted by molar-refractivity contribution is 7.90. The molecule has 3 N–H and O–H groups in total. The van der Waals surface area contributed by atoms with Crippen LogP contribution in [0.1, 0.15) is 12.8 Å². The number of carboxylic acid groups (broad SMARTS) is 1. The highest BCUT2D eigenvalue weighted by Gasteiger charge is 2.28. The maximum absolute atomic E-state index is 11.7. The zero-order valence-electron chi connectivity index (χ0n) is 16.0. The summed E-state index contributed by atoms with van der Waals surface area (Å²) in [5.74, 6) is -0.0217. The predicted octanol–water partition coefficient (Wildman–Crippen LogP) is 2.09. The van der Waals surface area contributed by atoms with E-state index >= 15 is 0 Å². The molecule has 0 atom stereocenters. The van der Waals surface area contributed by atoms with Crippen LogP contribution in [0.25, 0.3) is 0 Å². The lowest BCUT2D eigenvalue weighted by molar-refractivity contribution is -0.383. The average Bonchev–Trinajstić information content (AvgIpc) is 2.68. The lowest BCUT2D eigenvalue weighted by Crippen LogP contribution is -2.41. The maximum Gasteiger partial charge on any atom is 0.407 e. The first-order chi connectivity index (χ1) is 14.1. The van der Waals surface area contributed by atoms with E-state index in [0.29, 0.717) is 31.6 Å². The van der Waals surface area contributed by atoms with Crippen molar-refractivity contribution in [1.29, 1.82) is 0 Å². The third kappa shape index (κ3) is 4.92. The number of benzene rings is 1. The van der Waals surface area contributed by atoms with Gasteiger partial charge in [0.1, 0.15) is 6.33 Å². The summed E-state index contributed by atoms with van der Waals surface area (Å²) in [6.07, 6.45) is 2.25. The van der Waals surface area contributed by atoms with Crippen molar-refractivity contribution >= 4 is 38.9 Å². The summed E-state index contributed by atoms with van der Waals surface area (Å²) >= 11 is 0. The number of likely N-dealkylation sites (tertiary alicyclic amines) is 1. The van der Waals surface area contributed by atoms with E-state index in [-0.39, 0.29) is 28.3 Å². The van der Waals surface area contributed by atoms with Gasteiger partial charge in [0.2, 0.25) is 11.6 Å². The summed E-state index contributed by atoms with van der Waals surface area (Å²) in [4.78, 5) is 31.4. The van der Waals surface area contributed by atoms with Gasteiger partial charge >= 0.3 is 11.8 Å². The highest BCUT2D eigenvalue weighted by Crippen LogP contribution is 2.32. The molecule has 2 aromatic rings. The summed E-state index contributed by atoms with van der Waals surface area (Å²) in [6.45, 7) is 0.646. The summed E-state index contributed by atoms with van der Waals surface area (Å²) in [7, 11) is -3.36. The maximum atomic E-state index is 11.7. The van der Waals surface area contributed by atoms with Crippen molar-refractivity contribution in [3.8, 4) is 0 Å². The first kappa shape index (κ1) is 21.2. The van der Waals surface area contributed by atoms with E-state index < -0.39 is 20.9 Å². The lowest BCUT2D eigenvalue weighted by Gasteiger charge is -2.30. The van der Waals surface area contributed by atoms with E-state index in [9.17, 15) is 23.3 Å². The van der Waals surface area contributed by atoms with Crippen molar-refractivity contribution < 1.29 is 23.2 Å². The minimum atomic E-state index is -3.36. The van der Waals surface area contributed by atoms with Crippen LogP contribution in [-0.2, 0) is 9.84 Å². The van der Waals surface area contributed by atoms with Crippen molar-refractivity contribution in [2.45, 2.75) is 23.8 Å². The largest absolute Gasteiger partial charge is 0.465 e. The van der Waals surface area contributed by atoms with E-state index in [1.54, 1.807) is 0 Å². The van der Waals surface area contributed by atoms with Crippen LogP contribution in [0, 0.1) is 10.1 Å². The molecular formula is C17H20N6O6S. The molecule has 0 saturated carbocycles. The molecule has 0 aliphatic carbocycles. The van der Waals surface area contributed by atoms with Crippen LogP contribution in [0.3, 0.4) is 0 Å². The van der Waals surface area contributed by atoms with Crippen LogP contribution in [-0.4, -0.2) is 64.8 Å². The van der Waals surface area contributed by atoms with Crippen molar-refractivity contribution in [3.63, 3.8) is 0 Å². The highest BCUT2D eigenvalue weighted by atomic mass is 32.2. The van der Waals surface area contributed by atoms with E-state index in [1.165, 1.54) is 35.5 Å². The molecular weight excluding hydrogens is 416 g/mol. The number of nitrogens with one attached hydrogen (secondary N) is 2. The Morgan fingerprint density at radius 1 is 1.20 bits per heavy atom. The smallest absolute Gasteiger partial charge is 0.407 e. The molecule has 12 nitrogen and oxygen atoms in total. The van der Waals surface area contributed by atoms with Crippen molar-refractivity contribution in [1.82, 2.24) is 14.9 Å². The molecule has 1 fully saturated rings. The number of nitro groups is 1. The van der Waals surface area contributed by atoms with Crippen LogP contribution >= 0.6 is 0 Å². The molecule has 0 unspecified atom stereocenters. The first-order valence-electron chi connectivity index (χ1n) is 8.96. The Labute approximate surface area is 172 Å². The van der Waals surface area contributed by atoms with Crippen molar-refractivity contribution in [2.75, 3.05) is 30.0 Å². The Balaban J connectivity index is 1.80. The third-order valence-electron chi connectivity index (χ3n) is 4.66. The van der Waals surface area contributed by atoms with Gasteiger partial charge in [-0.1, -0.05) is 0 Å². The van der Waals surface area contributed by atoms with Gasteiger partial charge < -0.3 is 20.6 Å². The van der Waals surface area contributed by atoms with Gasteiger partial charge in [0.25, 0.3) is 0 Å². The van der Waals surface area contributed by atoms with Crippen LogP contribution in [0.15, 0.2) is 35.5 Å². The second-order valence-electron chi connectivity index (χ2n) is 6.79. The van der Waals surface area contributed by atoms with Crippen molar-refractivity contribution in [2.24, 2.45) is 0 Å². The fourth-order valence-electron chi connectivity index (χ4n) is 3.08. The number of aromatic nitrogens is 2. The molecule has 0 bridgehead atoms. The molecule has 1 aliphatic rings. The molecule has 1 aromatic heterocycles. The summed E-state index contributed by atoms with van der Waals surface area (Å²) in [5.41, 5.74) is 0.0651. The Morgan fingerprint density at radius 3 is 2.33 bits per heavy atom. The van der Waals surface area contributed by atoms with E-state index in [4.69, 9.17) is 5.11 Å². The van der Waals surface area contributed by atoms with Crippen LogP contribution in [0.5, 0.6) is 0 Å². The van der Waals surface area contributed by atoms with Gasteiger partial charge in [-0.2, -0.15) is 0 Å². The van der Waals surface area contributed by atoms with Crippen LogP contribution < -0.4 is 10.6 Å². The van der Waals surface area contributed by atoms with Crippen molar-refractivity contribution in [3.05, 3.63) is 40.7 Å². The molecule has 0 spiro atoms. The van der Waals surface area contributed by atoms with Gasteiger partial charge in [0, 0.05) is 31.1 Å². The van der Waals surface area contributed by atoms with Gasteiger partial charge in [-0.15, -0.1) is 0 Å². The molecule has 1 saturated heterocycles. The molecule has 160 valence electrons. The van der Waals surface area contributed by atoms with Gasteiger partial charge in [0.15, 0.2) is 9.84 Å². The number of amides is 1. The second kappa shape index (κ2) is 8.49. The predicted molar refractivity (Wildman–Crippen MR) is 108 cm³/mol. The Bertz CT molecular complexity index is 1050. The third-order valence-corrected chi connectivity index (χ3v) is 5.78. The Hall–Kier alpha value is -3.48. The molecule has 0 radical (unpaired) electrons. The topological polar surface area (TPSA) is 168 Å². The van der Waals surface area contributed by atoms with Crippen LogP contribution in [0.4, 0.5) is 27.8 Å². The fourth-order valence-corrected chi connectivity index (χ4v) is 3.71. The lowest BCUT2D eigenvalue weighted by atomic mass is 10.1. The molecule has 13 heteroatoms. The quantitative estimate of drug-likeness (QED) is 0.450. The number of hydrogen-bond acceptors (Lipinski definition) is 9. The number of sulfone groups is 1. The SMILES string of the molecule is CS(=O)(=O)c1ccc(Nc2ncnc(NC3CCN(C(=O)O)CC3)c2[N+](=O)[O-])cc1. The van der Waals surface area contributed by atoms with E-state index in [2.05, 4.69) is 20.6 Å². The Kier molecular flexibility index (Phi) is 6.01. The molecule has 1 aliphatic heterocycles. The standard InChI is InChI=1S/C17H20N6O6S/c1-30(28,29)13-4-2-11(3-5-13)20-15-14(23(26)27)16(19-10-18-15)21-12-6-8-22(9-7-12)17(24)25/h2-5,10,12H,6-9H2,1H3,(H,24,25)(H2,18,19,20,21). The zero-order chi connectivity index (χ0) is 21.9. The summed E-state index contributed by atoms with van der Waals surface area (Å²) in [5, 5.41) is 26.5. The number of hydrogen-bond donors (Lipinski definition) is 3. The van der Waals surface area contributed by atoms with Gasteiger partial charge in [-0.3, -0.25) is 10.1 Å². The van der Waals surface area contributed by atoms with Gasteiger partial charge in [-0.25, -0.2) is 23.2 Å². The normalized spacial score (nSPS) is 14.9. The average molecular weight is 436 g/mol. The minimum Gasteiger partial charge on any atom is -0.465 e. The molecule has 3 rings (SSSR count). The van der Waals surface area contributed by atoms with Crippen LogP contribution in [0.2, 0.25) is 0 Å². The molecule has 30 heavy (non-hydrogen) atoms. The number of piperidine rings is 1. The number of nitrogens with zero attached hydrogens (tertiary/aromatic N) is 4. The minimum absolute atomic E-state index is 0.0269. The molecule has 1 aromatic carbocycles. The first-order valence-corrected chi connectivity index (χ1v) is 10.8. The fraction of sp³-hybridized carbons (Fsp3) is 0.353. The van der Waals surface area contributed by atoms with E-state index in [0.717, 1.165) is 6.26 Å². The number of carbonyl (C=O) groups is 1. The monoisotopic (exact) mass is 436 g/mol. The van der Waals surface area contributed by atoms with Gasteiger partial charge in [-0.05, 0) is 37.1 Å². The van der Waals surface area contributed by atoms with E-state index in [1.807, 2.05) is 0 Å². The van der Waals surface area contributed by atoms with Gasteiger partial charge in [0.05, 0.1) is 9.82 Å². The number of anilines is 3. The summed E-state index contributed by atoms with van der Waals surface area (Å²) in [6, 6.07) is 5.57. The Morgan fingerprint density at radius 2 is 1.80 bits per heavy atom. The number of rotatable bonds is 6. The molecule has 1 amide bonds. The zero-order valence-corrected chi connectivity index (χ0v) is 16.8.